The largest absolute Gasteiger partial charge is 0.379 e. The number of hydrogen-bond donors (Lipinski definition) is 1. The molecular formula is C18H21N3O4S2. The van der Waals surface area contributed by atoms with Gasteiger partial charge in [-0.1, -0.05) is 12.1 Å². The van der Waals surface area contributed by atoms with Gasteiger partial charge in [0.2, 0.25) is 15.9 Å². The Morgan fingerprint density at radius 2 is 1.96 bits per heavy atom. The Hall–Kier alpha value is -2.07. The van der Waals surface area contributed by atoms with Crippen LogP contribution in [0.5, 0.6) is 0 Å². The third-order valence-electron chi connectivity index (χ3n) is 4.12. The van der Waals surface area contributed by atoms with Gasteiger partial charge in [0, 0.05) is 25.1 Å². The van der Waals surface area contributed by atoms with Crippen molar-refractivity contribution in [3.8, 4) is 0 Å². The van der Waals surface area contributed by atoms with Gasteiger partial charge in [0.1, 0.15) is 0 Å². The van der Waals surface area contributed by atoms with E-state index in [1.165, 1.54) is 4.31 Å². The van der Waals surface area contributed by atoms with E-state index in [-0.39, 0.29) is 17.2 Å². The summed E-state index contributed by atoms with van der Waals surface area (Å²) < 4.78 is 31.8. The monoisotopic (exact) mass is 407 g/mol. The van der Waals surface area contributed by atoms with Crippen LogP contribution in [0, 0.1) is 0 Å². The van der Waals surface area contributed by atoms with E-state index in [0.717, 1.165) is 11.1 Å². The highest BCUT2D eigenvalue weighted by atomic mass is 32.2. The molecule has 7 nitrogen and oxygen atoms in total. The van der Waals surface area contributed by atoms with Crippen LogP contribution < -0.4 is 5.43 Å². The van der Waals surface area contributed by atoms with Crippen molar-refractivity contribution in [2.45, 2.75) is 17.7 Å². The van der Waals surface area contributed by atoms with Crippen molar-refractivity contribution in [1.29, 1.82) is 0 Å². The molecule has 1 N–H and O–H groups in total. The highest BCUT2D eigenvalue weighted by Gasteiger charge is 2.26. The minimum absolute atomic E-state index is 0.188. The summed E-state index contributed by atoms with van der Waals surface area (Å²) in [5.74, 6) is -0.188. The first kappa shape index (κ1) is 19.7. The number of amides is 1. The van der Waals surface area contributed by atoms with E-state index in [1.54, 1.807) is 41.8 Å². The predicted octanol–water partition coefficient (Wildman–Crippen LogP) is 1.85. The number of rotatable bonds is 7. The smallest absolute Gasteiger partial charge is 0.243 e. The minimum atomic E-state index is -3.49. The zero-order valence-electron chi connectivity index (χ0n) is 14.7. The van der Waals surface area contributed by atoms with Crippen LogP contribution in [0.3, 0.4) is 0 Å². The van der Waals surface area contributed by atoms with Crippen LogP contribution in [0.1, 0.15) is 17.5 Å². The van der Waals surface area contributed by atoms with Gasteiger partial charge in [0.15, 0.2) is 0 Å². The number of morpholine rings is 1. The second kappa shape index (κ2) is 9.23. The molecule has 1 aromatic carbocycles. The third kappa shape index (κ3) is 5.46. The Morgan fingerprint density at radius 1 is 1.22 bits per heavy atom. The molecule has 0 unspecified atom stereocenters. The first-order valence-corrected chi connectivity index (χ1v) is 10.9. The number of carbonyl (C=O) groups is 1. The number of hydrogen-bond acceptors (Lipinski definition) is 6. The molecule has 2 heterocycles. The molecule has 9 heteroatoms. The fourth-order valence-electron chi connectivity index (χ4n) is 2.61. The molecule has 0 radical (unpaired) electrons. The quantitative estimate of drug-likeness (QED) is 0.560. The lowest BCUT2D eigenvalue weighted by atomic mass is 10.1. The van der Waals surface area contributed by atoms with Crippen molar-refractivity contribution in [3.63, 3.8) is 0 Å². The van der Waals surface area contributed by atoms with Crippen LogP contribution in [-0.4, -0.2) is 51.1 Å². The van der Waals surface area contributed by atoms with Crippen molar-refractivity contribution >= 4 is 33.5 Å². The molecule has 27 heavy (non-hydrogen) atoms. The zero-order valence-corrected chi connectivity index (χ0v) is 16.3. The normalized spacial score (nSPS) is 15.9. The molecule has 0 atom stereocenters. The SMILES string of the molecule is O=C(CCc1ccc(S(=O)(=O)N2CCOCC2)cc1)N/N=C/c1ccsc1. The van der Waals surface area contributed by atoms with Crippen LogP contribution in [0.15, 0.2) is 51.1 Å². The summed E-state index contributed by atoms with van der Waals surface area (Å²) >= 11 is 1.56. The Morgan fingerprint density at radius 3 is 2.63 bits per heavy atom. The number of hydrazone groups is 1. The topological polar surface area (TPSA) is 88.1 Å². The summed E-state index contributed by atoms with van der Waals surface area (Å²) in [6.45, 7) is 1.58. The van der Waals surface area contributed by atoms with E-state index in [9.17, 15) is 13.2 Å². The maximum atomic E-state index is 12.6. The van der Waals surface area contributed by atoms with Crippen LogP contribution in [-0.2, 0) is 26.0 Å². The average molecular weight is 408 g/mol. The Bertz CT molecular complexity index is 872. The van der Waals surface area contributed by atoms with E-state index >= 15 is 0 Å². The molecule has 1 amide bonds. The molecule has 144 valence electrons. The van der Waals surface area contributed by atoms with E-state index in [4.69, 9.17) is 4.74 Å². The van der Waals surface area contributed by atoms with Gasteiger partial charge in [0.25, 0.3) is 0 Å². The van der Waals surface area contributed by atoms with E-state index in [1.807, 2.05) is 16.8 Å². The molecule has 0 saturated carbocycles. The summed E-state index contributed by atoms with van der Waals surface area (Å²) in [5.41, 5.74) is 4.33. The van der Waals surface area contributed by atoms with Crippen LogP contribution in [0.25, 0.3) is 0 Å². The number of benzene rings is 1. The summed E-state index contributed by atoms with van der Waals surface area (Å²) in [6.07, 6.45) is 2.38. The van der Waals surface area contributed by atoms with Gasteiger partial charge in [-0.25, -0.2) is 13.8 Å². The number of carbonyl (C=O) groups excluding carboxylic acids is 1. The van der Waals surface area contributed by atoms with Crippen molar-refractivity contribution < 1.29 is 17.9 Å². The first-order chi connectivity index (χ1) is 13.1. The molecule has 1 aliphatic heterocycles. The van der Waals surface area contributed by atoms with Gasteiger partial charge in [-0.2, -0.15) is 20.7 Å². The van der Waals surface area contributed by atoms with Crippen LogP contribution in [0.4, 0.5) is 0 Å². The van der Waals surface area contributed by atoms with Gasteiger partial charge < -0.3 is 4.74 Å². The predicted molar refractivity (Wildman–Crippen MR) is 104 cm³/mol. The fraction of sp³-hybridized carbons (Fsp3) is 0.333. The number of thiophene rings is 1. The highest BCUT2D eigenvalue weighted by molar-refractivity contribution is 7.89. The molecule has 1 fully saturated rings. The number of nitrogens with one attached hydrogen (secondary N) is 1. The number of sulfonamides is 1. The van der Waals surface area contributed by atoms with Crippen molar-refractivity contribution in [2.75, 3.05) is 26.3 Å². The van der Waals surface area contributed by atoms with E-state index in [0.29, 0.717) is 32.7 Å². The van der Waals surface area contributed by atoms with Crippen molar-refractivity contribution in [1.82, 2.24) is 9.73 Å². The lowest BCUT2D eigenvalue weighted by Crippen LogP contribution is -2.40. The summed E-state index contributed by atoms with van der Waals surface area (Å²) in [4.78, 5) is 12.1. The minimum Gasteiger partial charge on any atom is -0.379 e. The Labute approximate surface area is 162 Å². The molecule has 2 aromatic rings. The van der Waals surface area contributed by atoms with Gasteiger partial charge in [-0.05, 0) is 40.9 Å². The molecule has 3 rings (SSSR count). The summed E-state index contributed by atoms with van der Waals surface area (Å²) in [5, 5.41) is 7.78. The summed E-state index contributed by atoms with van der Waals surface area (Å²) in [6, 6.07) is 8.58. The van der Waals surface area contributed by atoms with Crippen molar-refractivity contribution in [2.24, 2.45) is 5.10 Å². The standard InChI is InChI=1S/C18H21N3O4S2/c22-18(20-19-13-16-7-12-26-14-16)6-3-15-1-4-17(5-2-15)27(23,24)21-8-10-25-11-9-21/h1-2,4-5,7,12-14H,3,6,8-11H2,(H,20,22)/b19-13+. The fourth-order valence-corrected chi connectivity index (χ4v) is 4.62. The van der Waals surface area contributed by atoms with E-state index in [2.05, 4.69) is 10.5 Å². The zero-order chi connectivity index (χ0) is 19.1. The van der Waals surface area contributed by atoms with Gasteiger partial charge in [0.05, 0.1) is 24.3 Å². The maximum Gasteiger partial charge on any atom is 0.243 e. The number of nitrogens with zero attached hydrogens (tertiary/aromatic N) is 2. The second-order valence-corrected chi connectivity index (χ2v) is 8.73. The Kier molecular flexibility index (Phi) is 6.73. The molecule has 1 aromatic heterocycles. The molecule has 1 aliphatic rings. The maximum absolute atomic E-state index is 12.6. The average Bonchev–Trinajstić information content (AvgIpc) is 3.21. The van der Waals surface area contributed by atoms with Gasteiger partial charge in [-0.15, -0.1) is 0 Å². The molecule has 1 saturated heterocycles. The lowest BCUT2D eigenvalue weighted by Gasteiger charge is -2.26. The third-order valence-corrected chi connectivity index (χ3v) is 6.73. The van der Waals surface area contributed by atoms with Crippen molar-refractivity contribution in [3.05, 3.63) is 52.2 Å². The van der Waals surface area contributed by atoms with Gasteiger partial charge >= 0.3 is 0 Å². The molecular weight excluding hydrogens is 386 g/mol. The van der Waals surface area contributed by atoms with Crippen LogP contribution in [0.2, 0.25) is 0 Å². The lowest BCUT2D eigenvalue weighted by molar-refractivity contribution is -0.121. The van der Waals surface area contributed by atoms with E-state index < -0.39 is 10.0 Å². The highest BCUT2D eigenvalue weighted by Crippen LogP contribution is 2.18. The molecule has 0 bridgehead atoms. The molecule has 0 spiro atoms. The Balaban J connectivity index is 1.50. The van der Waals surface area contributed by atoms with Gasteiger partial charge in [-0.3, -0.25) is 4.79 Å². The van der Waals surface area contributed by atoms with Crippen LogP contribution >= 0.6 is 11.3 Å². The second-order valence-electron chi connectivity index (χ2n) is 6.01. The number of ether oxygens (including phenoxy) is 1. The summed E-state index contributed by atoms with van der Waals surface area (Å²) in [7, 11) is -3.49. The molecule has 0 aliphatic carbocycles. The first-order valence-electron chi connectivity index (χ1n) is 8.57. The number of aryl methyl sites for hydroxylation is 1.